The Bertz CT molecular complexity index is 1450. The number of rotatable bonds is 9. The SMILES string of the molecule is CC1CCN(CCCNC(=O)CCc2nnc3n(Cc4ccccc4Cl)c(=O)c4ccccc4n23)CC1. The lowest BCUT2D eigenvalue weighted by Gasteiger charge is -2.30. The number of carbonyl (C=O) groups is 1. The summed E-state index contributed by atoms with van der Waals surface area (Å²) in [5.41, 5.74) is 1.41. The first-order valence-corrected chi connectivity index (χ1v) is 13.5. The molecule has 1 saturated heterocycles. The molecule has 37 heavy (non-hydrogen) atoms. The molecule has 5 rings (SSSR count). The minimum Gasteiger partial charge on any atom is -0.356 e. The predicted molar refractivity (Wildman–Crippen MR) is 146 cm³/mol. The average Bonchev–Trinajstić information content (AvgIpc) is 3.34. The van der Waals surface area contributed by atoms with E-state index in [0.29, 0.717) is 41.4 Å². The number of fused-ring (bicyclic) bond motifs is 3. The number of hydrogen-bond donors (Lipinski definition) is 1. The Hall–Kier alpha value is -3.23. The number of benzene rings is 2. The zero-order valence-corrected chi connectivity index (χ0v) is 22.0. The molecule has 0 radical (unpaired) electrons. The van der Waals surface area contributed by atoms with Crippen LogP contribution < -0.4 is 10.9 Å². The summed E-state index contributed by atoms with van der Waals surface area (Å²) in [7, 11) is 0. The normalized spacial score (nSPS) is 15.0. The van der Waals surface area contributed by atoms with Gasteiger partial charge in [-0.2, -0.15) is 0 Å². The van der Waals surface area contributed by atoms with E-state index in [0.717, 1.165) is 43.1 Å². The highest BCUT2D eigenvalue weighted by molar-refractivity contribution is 6.31. The predicted octanol–water partition coefficient (Wildman–Crippen LogP) is 3.92. The summed E-state index contributed by atoms with van der Waals surface area (Å²) in [4.78, 5) is 28.4. The van der Waals surface area contributed by atoms with E-state index in [1.165, 1.54) is 12.8 Å². The van der Waals surface area contributed by atoms with Crippen molar-refractivity contribution in [2.24, 2.45) is 5.92 Å². The fraction of sp³-hybridized carbons (Fsp3) is 0.429. The monoisotopic (exact) mass is 520 g/mol. The van der Waals surface area contributed by atoms with E-state index in [2.05, 4.69) is 27.3 Å². The Kier molecular flexibility index (Phi) is 7.86. The van der Waals surface area contributed by atoms with E-state index in [1.54, 1.807) is 16.7 Å². The molecule has 3 heterocycles. The molecule has 0 unspecified atom stereocenters. The smallest absolute Gasteiger partial charge is 0.263 e. The van der Waals surface area contributed by atoms with Crippen molar-refractivity contribution >= 4 is 34.2 Å². The van der Waals surface area contributed by atoms with Gasteiger partial charge in [0.15, 0.2) is 0 Å². The number of para-hydroxylation sites is 1. The zero-order chi connectivity index (χ0) is 25.8. The van der Waals surface area contributed by atoms with Crippen molar-refractivity contribution in [3.8, 4) is 0 Å². The van der Waals surface area contributed by atoms with Crippen LogP contribution in [0.15, 0.2) is 53.3 Å². The molecular weight excluding hydrogens is 488 g/mol. The van der Waals surface area contributed by atoms with E-state index in [-0.39, 0.29) is 18.0 Å². The number of likely N-dealkylation sites (tertiary alicyclic amines) is 1. The van der Waals surface area contributed by atoms with Crippen molar-refractivity contribution in [2.45, 2.75) is 45.6 Å². The lowest BCUT2D eigenvalue weighted by atomic mass is 9.99. The fourth-order valence-electron chi connectivity index (χ4n) is 5.05. The molecule has 0 bridgehead atoms. The number of carbonyl (C=O) groups excluding carboxylic acids is 1. The third-order valence-corrected chi connectivity index (χ3v) is 7.66. The highest BCUT2D eigenvalue weighted by Gasteiger charge is 2.18. The lowest BCUT2D eigenvalue weighted by molar-refractivity contribution is -0.121. The zero-order valence-electron chi connectivity index (χ0n) is 21.2. The topological polar surface area (TPSA) is 84.5 Å². The Labute approximate surface area is 221 Å². The highest BCUT2D eigenvalue weighted by atomic mass is 35.5. The van der Waals surface area contributed by atoms with E-state index in [4.69, 9.17) is 11.6 Å². The summed E-state index contributed by atoms with van der Waals surface area (Å²) in [6.07, 6.45) is 4.21. The molecule has 8 nitrogen and oxygen atoms in total. The number of aromatic nitrogens is 4. The van der Waals surface area contributed by atoms with Gasteiger partial charge in [-0.1, -0.05) is 48.9 Å². The quantitative estimate of drug-likeness (QED) is 0.338. The largest absolute Gasteiger partial charge is 0.356 e. The maximum Gasteiger partial charge on any atom is 0.263 e. The summed E-state index contributed by atoms with van der Waals surface area (Å²) in [6, 6.07) is 14.9. The molecule has 2 aromatic heterocycles. The molecule has 194 valence electrons. The van der Waals surface area contributed by atoms with Crippen LogP contribution in [0.2, 0.25) is 5.02 Å². The van der Waals surface area contributed by atoms with E-state index in [9.17, 15) is 9.59 Å². The molecule has 0 aliphatic carbocycles. The van der Waals surface area contributed by atoms with Crippen LogP contribution in [-0.2, 0) is 17.8 Å². The third kappa shape index (κ3) is 5.70. The maximum atomic E-state index is 13.4. The first kappa shape index (κ1) is 25.4. The van der Waals surface area contributed by atoms with Crippen LogP contribution in [0.25, 0.3) is 16.7 Å². The minimum atomic E-state index is -0.150. The van der Waals surface area contributed by atoms with Crippen molar-refractivity contribution in [2.75, 3.05) is 26.2 Å². The van der Waals surface area contributed by atoms with Crippen LogP contribution in [0.5, 0.6) is 0 Å². The van der Waals surface area contributed by atoms with E-state index < -0.39 is 0 Å². The standard InChI is InChI=1S/C28H33ClN6O2/c1-20-13-17-33(18-14-20)16-6-15-30-26(36)12-11-25-31-32-28-34(19-21-7-2-4-9-23(21)29)27(37)22-8-3-5-10-24(22)35(25)28/h2-5,7-10,20H,6,11-19H2,1H3,(H,30,36). The molecule has 0 atom stereocenters. The second-order valence-corrected chi connectivity index (χ2v) is 10.4. The summed E-state index contributed by atoms with van der Waals surface area (Å²) >= 11 is 6.38. The van der Waals surface area contributed by atoms with Gasteiger partial charge in [-0.25, -0.2) is 0 Å². The Morgan fingerprint density at radius 3 is 2.65 bits per heavy atom. The maximum absolute atomic E-state index is 13.4. The molecule has 1 amide bonds. The number of piperidine rings is 1. The second-order valence-electron chi connectivity index (χ2n) is 9.98. The van der Waals surface area contributed by atoms with Crippen molar-refractivity contribution in [1.82, 2.24) is 29.4 Å². The first-order valence-electron chi connectivity index (χ1n) is 13.1. The molecule has 1 N–H and O–H groups in total. The van der Waals surface area contributed by atoms with Gasteiger partial charge in [-0.15, -0.1) is 10.2 Å². The van der Waals surface area contributed by atoms with Crippen LogP contribution in [-0.4, -0.2) is 56.2 Å². The number of nitrogens with one attached hydrogen (secondary N) is 1. The van der Waals surface area contributed by atoms with Crippen LogP contribution in [0.4, 0.5) is 0 Å². The number of halogens is 1. The molecule has 9 heteroatoms. The van der Waals surface area contributed by atoms with Gasteiger partial charge in [0, 0.05) is 24.4 Å². The van der Waals surface area contributed by atoms with Gasteiger partial charge >= 0.3 is 0 Å². The Balaban J connectivity index is 1.29. The van der Waals surface area contributed by atoms with Gasteiger partial charge in [-0.05, 0) is 68.6 Å². The number of hydrogen-bond acceptors (Lipinski definition) is 5. The summed E-state index contributed by atoms with van der Waals surface area (Å²) < 4.78 is 3.49. The van der Waals surface area contributed by atoms with Crippen molar-refractivity contribution in [3.63, 3.8) is 0 Å². The van der Waals surface area contributed by atoms with Crippen LogP contribution in [0.1, 0.15) is 44.0 Å². The van der Waals surface area contributed by atoms with Gasteiger partial charge < -0.3 is 10.2 Å². The summed E-state index contributed by atoms with van der Waals surface area (Å²) in [6.45, 7) is 6.61. The molecule has 0 saturated carbocycles. The van der Waals surface area contributed by atoms with Gasteiger partial charge in [0.05, 0.1) is 17.4 Å². The van der Waals surface area contributed by atoms with Crippen molar-refractivity contribution < 1.29 is 4.79 Å². The molecule has 1 aliphatic rings. The van der Waals surface area contributed by atoms with Crippen molar-refractivity contribution in [1.29, 1.82) is 0 Å². The number of nitrogens with zero attached hydrogens (tertiary/aromatic N) is 5. The summed E-state index contributed by atoms with van der Waals surface area (Å²) in [5, 5.41) is 12.9. The van der Waals surface area contributed by atoms with E-state index in [1.807, 2.05) is 40.8 Å². The fourth-order valence-corrected chi connectivity index (χ4v) is 5.24. The van der Waals surface area contributed by atoms with Crippen LogP contribution >= 0.6 is 11.6 Å². The molecule has 1 aliphatic heterocycles. The van der Waals surface area contributed by atoms with Crippen molar-refractivity contribution in [3.05, 3.63) is 75.3 Å². The van der Waals surface area contributed by atoms with E-state index >= 15 is 0 Å². The van der Waals surface area contributed by atoms with Crippen LogP contribution in [0.3, 0.4) is 0 Å². The van der Waals surface area contributed by atoms with Crippen LogP contribution in [0, 0.1) is 5.92 Å². The molecular formula is C28H33ClN6O2. The average molecular weight is 521 g/mol. The first-order chi connectivity index (χ1) is 18.0. The van der Waals surface area contributed by atoms with Gasteiger partial charge in [-0.3, -0.25) is 18.6 Å². The third-order valence-electron chi connectivity index (χ3n) is 7.29. The molecule has 1 fully saturated rings. The van der Waals surface area contributed by atoms with Gasteiger partial charge in [0.1, 0.15) is 5.82 Å². The Morgan fingerprint density at radius 1 is 1.08 bits per heavy atom. The number of aryl methyl sites for hydroxylation is 1. The van der Waals surface area contributed by atoms with Gasteiger partial charge in [0.25, 0.3) is 5.56 Å². The molecule has 2 aromatic carbocycles. The minimum absolute atomic E-state index is 0.00212. The van der Waals surface area contributed by atoms with Gasteiger partial charge in [0.2, 0.25) is 11.7 Å². The summed E-state index contributed by atoms with van der Waals surface area (Å²) in [5.74, 6) is 1.91. The number of amides is 1. The highest BCUT2D eigenvalue weighted by Crippen LogP contribution is 2.20. The second kappa shape index (κ2) is 11.4. The Morgan fingerprint density at radius 2 is 1.84 bits per heavy atom. The molecule has 0 spiro atoms. The lowest BCUT2D eigenvalue weighted by Crippen LogP contribution is -2.35. The molecule has 4 aromatic rings.